The van der Waals surface area contributed by atoms with Crippen LogP contribution in [0.3, 0.4) is 0 Å². The summed E-state index contributed by atoms with van der Waals surface area (Å²) in [7, 11) is 0. The molecule has 0 fully saturated rings. The molecule has 0 bridgehead atoms. The topological polar surface area (TPSA) is 68.0 Å². The van der Waals surface area contributed by atoms with Crippen molar-refractivity contribution in [1.29, 1.82) is 0 Å². The third-order valence-corrected chi connectivity index (χ3v) is 5.58. The molecule has 4 nitrogen and oxygen atoms in total. The van der Waals surface area contributed by atoms with Crippen molar-refractivity contribution < 1.29 is 4.79 Å². The number of amides is 1. The van der Waals surface area contributed by atoms with Crippen LogP contribution in [0, 0.1) is 0 Å². The predicted molar refractivity (Wildman–Crippen MR) is 127 cm³/mol. The van der Waals surface area contributed by atoms with Crippen LogP contribution in [0.25, 0.3) is 0 Å². The van der Waals surface area contributed by atoms with Gasteiger partial charge in [-0.1, -0.05) is 66.7 Å². The van der Waals surface area contributed by atoms with Crippen LogP contribution in [0.5, 0.6) is 0 Å². The van der Waals surface area contributed by atoms with E-state index in [1.165, 1.54) is 11.1 Å². The first-order valence-corrected chi connectivity index (χ1v) is 11.2. The van der Waals surface area contributed by atoms with E-state index in [1.54, 1.807) is 12.4 Å². The largest absolute Gasteiger partial charge is 0.352 e. The van der Waals surface area contributed by atoms with Crippen molar-refractivity contribution in [1.82, 2.24) is 10.3 Å². The number of pyridine rings is 1. The molecule has 3 aromatic rings. The van der Waals surface area contributed by atoms with Crippen molar-refractivity contribution >= 4 is 5.91 Å². The molecule has 4 heteroatoms. The number of nitrogens with one attached hydrogen (secondary N) is 1. The van der Waals surface area contributed by atoms with Gasteiger partial charge in [0.15, 0.2) is 0 Å². The molecule has 31 heavy (non-hydrogen) atoms. The van der Waals surface area contributed by atoms with Crippen molar-refractivity contribution in [3.05, 3.63) is 102 Å². The summed E-state index contributed by atoms with van der Waals surface area (Å²) in [6.07, 6.45) is 10.0. The molecule has 1 atom stereocenters. The molecule has 0 saturated heterocycles. The van der Waals surface area contributed by atoms with Gasteiger partial charge in [-0.15, -0.1) is 0 Å². The van der Waals surface area contributed by atoms with Crippen LogP contribution in [-0.2, 0) is 24.1 Å². The van der Waals surface area contributed by atoms with Gasteiger partial charge in [0.1, 0.15) is 0 Å². The summed E-state index contributed by atoms with van der Waals surface area (Å²) in [6, 6.07) is 24.4. The minimum Gasteiger partial charge on any atom is -0.352 e. The Hall–Kier alpha value is -2.98. The second-order valence-corrected chi connectivity index (χ2v) is 8.13. The van der Waals surface area contributed by atoms with Crippen LogP contribution in [0.15, 0.2) is 85.2 Å². The molecule has 2 aromatic carbocycles. The minimum absolute atomic E-state index is 0.0757. The second kappa shape index (κ2) is 12.7. The van der Waals surface area contributed by atoms with Gasteiger partial charge in [-0.2, -0.15) is 0 Å². The van der Waals surface area contributed by atoms with E-state index in [0.29, 0.717) is 6.42 Å². The molecular weight excluding hydrogens is 382 g/mol. The Labute approximate surface area is 185 Å². The number of rotatable bonds is 12. The van der Waals surface area contributed by atoms with Gasteiger partial charge in [0.2, 0.25) is 5.91 Å². The maximum atomic E-state index is 12.8. The zero-order valence-electron chi connectivity index (χ0n) is 18.1. The summed E-state index contributed by atoms with van der Waals surface area (Å²) in [5, 5.41) is 3.23. The molecule has 162 valence electrons. The number of nitrogens with two attached hydrogens (primary N) is 1. The Bertz CT molecular complexity index is 839. The smallest absolute Gasteiger partial charge is 0.237 e. The average molecular weight is 416 g/mol. The van der Waals surface area contributed by atoms with Crippen LogP contribution < -0.4 is 11.1 Å². The van der Waals surface area contributed by atoms with Crippen molar-refractivity contribution in [3.63, 3.8) is 0 Å². The molecule has 1 amide bonds. The van der Waals surface area contributed by atoms with Crippen LogP contribution in [-0.4, -0.2) is 23.0 Å². The van der Waals surface area contributed by atoms with E-state index in [9.17, 15) is 4.79 Å². The normalized spacial score (nSPS) is 11.9. The first-order valence-electron chi connectivity index (χ1n) is 11.2. The lowest BCUT2D eigenvalue weighted by molar-refractivity contribution is -0.123. The number of aryl methyl sites for hydroxylation is 2. The lowest BCUT2D eigenvalue weighted by Crippen LogP contribution is -2.46. The number of hydrogen-bond acceptors (Lipinski definition) is 3. The van der Waals surface area contributed by atoms with Crippen LogP contribution in [0.4, 0.5) is 0 Å². The lowest BCUT2D eigenvalue weighted by atomic mass is 9.98. The monoisotopic (exact) mass is 415 g/mol. The third kappa shape index (κ3) is 8.35. The molecule has 0 aliphatic rings. The van der Waals surface area contributed by atoms with E-state index in [-0.39, 0.29) is 11.9 Å². The van der Waals surface area contributed by atoms with Crippen LogP contribution >= 0.6 is 0 Å². The van der Waals surface area contributed by atoms with Gasteiger partial charge >= 0.3 is 0 Å². The third-order valence-electron chi connectivity index (χ3n) is 5.58. The van der Waals surface area contributed by atoms with Gasteiger partial charge in [-0.05, 0) is 67.7 Å². The fraction of sp³-hybridized carbons (Fsp3) is 0.333. The summed E-state index contributed by atoms with van der Waals surface area (Å²) in [4.78, 5) is 16.9. The number of aromatic nitrogens is 1. The van der Waals surface area contributed by atoms with Crippen LogP contribution in [0.1, 0.15) is 42.4 Å². The van der Waals surface area contributed by atoms with E-state index < -0.39 is 6.04 Å². The van der Waals surface area contributed by atoms with E-state index in [4.69, 9.17) is 5.73 Å². The van der Waals surface area contributed by atoms with E-state index >= 15 is 0 Å². The Balaban J connectivity index is 1.52. The zero-order valence-corrected chi connectivity index (χ0v) is 18.1. The van der Waals surface area contributed by atoms with Crippen molar-refractivity contribution in [2.75, 3.05) is 0 Å². The summed E-state index contributed by atoms with van der Waals surface area (Å²) in [6.45, 7) is 0. The Morgan fingerprint density at radius 1 is 0.806 bits per heavy atom. The molecule has 3 rings (SSSR count). The van der Waals surface area contributed by atoms with Gasteiger partial charge in [0, 0.05) is 18.4 Å². The number of hydrogen-bond donors (Lipinski definition) is 2. The highest BCUT2D eigenvalue weighted by Crippen LogP contribution is 2.13. The molecule has 1 heterocycles. The maximum absolute atomic E-state index is 12.8. The lowest BCUT2D eigenvalue weighted by Gasteiger charge is -2.21. The number of benzene rings is 2. The van der Waals surface area contributed by atoms with E-state index in [2.05, 4.69) is 58.8 Å². The molecule has 0 saturated carbocycles. The molecule has 0 radical (unpaired) electrons. The molecule has 1 aromatic heterocycles. The van der Waals surface area contributed by atoms with Crippen molar-refractivity contribution in [2.45, 2.75) is 57.0 Å². The van der Waals surface area contributed by atoms with Crippen LogP contribution in [0.2, 0.25) is 0 Å². The minimum atomic E-state index is -0.560. The predicted octanol–water partition coefficient (Wildman–Crippen LogP) is 4.48. The average Bonchev–Trinajstić information content (AvgIpc) is 2.81. The highest BCUT2D eigenvalue weighted by Gasteiger charge is 2.18. The molecule has 3 N–H and O–H groups in total. The second-order valence-electron chi connectivity index (χ2n) is 8.13. The molecule has 1 unspecified atom stereocenters. The Morgan fingerprint density at radius 2 is 1.35 bits per heavy atom. The van der Waals surface area contributed by atoms with Crippen molar-refractivity contribution in [3.8, 4) is 0 Å². The van der Waals surface area contributed by atoms with Gasteiger partial charge in [0.05, 0.1) is 6.04 Å². The summed E-state index contributed by atoms with van der Waals surface area (Å²) in [5.41, 5.74) is 9.85. The first-order chi connectivity index (χ1) is 15.2. The number of carbonyl (C=O) groups is 1. The highest BCUT2D eigenvalue weighted by molar-refractivity contribution is 5.82. The summed E-state index contributed by atoms with van der Waals surface area (Å²) >= 11 is 0. The van der Waals surface area contributed by atoms with Gasteiger partial charge in [-0.25, -0.2) is 0 Å². The van der Waals surface area contributed by atoms with Gasteiger partial charge < -0.3 is 11.1 Å². The van der Waals surface area contributed by atoms with Gasteiger partial charge in [0.25, 0.3) is 0 Å². The SMILES string of the molecule is NC(Cc1cccnc1)C(=O)NC(CCCc1ccccc1)CCCc1ccccc1. The summed E-state index contributed by atoms with van der Waals surface area (Å²) in [5.74, 6) is -0.0757. The van der Waals surface area contributed by atoms with E-state index in [0.717, 1.165) is 44.1 Å². The molecule has 0 aliphatic heterocycles. The fourth-order valence-corrected chi connectivity index (χ4v) is 3.86. The first kappa shape index (κ1) is 22.7. The molecular formula is C27H33N3O. The van der Waals surface area contributed by atoms with E-state index in [1.807, 2.05) is 24.3 Å². The van der Waals surface area contributed by atoms with Crippen molar-refractivity contribution in [2.24, 2.45) is 5.73 Å². The molecule has 0 spiro atoms. The fourth-order valence-electron chi connectivity index (χ4n) is 3.86. The maximum Gasteiger partial charge on any atom is 0.237 e. The molecule has 0 aliphatic carbocycles. The number of nitrogens with zero attached hydrogens (tertiary/aromatic N) is 1. The Kier molecular flexibility index (Phi) is 9.27. The van der Waals surface area contributed by atoms with Gasteiger partial charge in [-0.3, -0.25) is 9.78 Å². The quantitative estimate of drug-likeness (QED) is 0.458. The number of carbonyl (C=O) groups excluding carboxylic acids is 1. The highest BCUT2D eigenvalue weighted by atomic mass is 16.2. The Morgan fingerprint density at radius 3 is 1.87 bits per heavy atom. The standard InChI is InChI=1S/C27H33N3O/c28-26(20-24-16-9-19-29-21-24)27(31)30-25(17-7-14-22-10-3-1-4-11-22)18-8-15-23-12-5-2-6-13-23/h1-6,9-13,16,19,21,25-26H,7-8,14-15,17-18,20,28H2,(H,30,31). The summed E-state index contributed by atoms with van der Waals surface area (Å²) < 4.78 is 0. The zero-order chi connectivity index (χ0) is 21.7.